The van der Waals surface area contributed by atoms with E-state index >= 15 is 0 Å². The van der Waals surface area contributed by atoms with Crippen LogP contribution in [0.15, 0.2) is 18.2 Å². The van der Waals surface area contributed by atoms with Crippen molar-refractivity contribution >= 4 is 17.4 Å². The number of Topliss-reactive ketones (excluding diaryl/α,β-unsaturated/α-hetero) is 1. The minimum Gasteiger partial charge on any atom is -0.496 e. The van der Waals surface area contributed by atoms with Crippen LogP contribution in [0, 0.1) is 5.92 Å². The lowest BCUT2D eigenvalue weighted by Crippen LogP contribution is -2.12. The van der Waals surface area contributed by atoms with Gasteiger partial charge in [0.15, 0.2) is 5.78 Å². The lowest BCUT2D eigenvalue weighted by atomic mass is 9.96. The fourth-order valence-corrected chi connectivity index (χ4v) is 2.45. The SMILES string of the molecule is COc1ccc(Cl)cc1C(=O)C1CCCC1. The first-order valence-electron chi connectivity index (χ1n) is 5.60. The molecular formula is C13H15ClO2. The first kappa shape index (κ1) is 11.5. The Morgan fingerprint density at radius 3 is 2.69 bits per heavy atom. The van der Waals surface area contributed by atoms with Crippen LogP contribution in [0.5, 0.6) is 5.75 Å². The maximum Gasteiger partial charge on any atom is 0.169 e. The molecule has 86 valence electrons. The molecule has 0 atom stereocenters. The van der Waals surface area contributed by atoms with Crippen LogP contribution >= 0.6 is 11.6 Å². The molecule has 1 saturated carbocycles. The Balaban J connectivity index is 2.30. The highest BCUT2D eigenvalue weighted by molar-refractivity contribution is 6.31. The van der Waals surface area contributed by atoms with E-state index in [9.17, 15) is 4.79 Å². The van der Waals surface area contributed by atoms with Crippen LogP contribution in [0.3, 0.4) is 0 Å². The quantitative estimate of drug-likeness (QED) is 0.751. The average Bonchev–Trinajstić information content (AvgIpc) is 2.81. The average molecular weight is 239 g/mol. The monoisotopic (exact) mass is 238 g/mol. The summed E-state index contributed by atoms with van der Waals surface area (Å²) in [4.78, 5) is 12.2. The molecule has 1 fully saturated rings. The largest absolute Gasteiger partial charge is 0.496 e. The van der Waals surface area contributed by atoms with Crippen LogP contribution in [-0.4, -0.2) is 12.9 Å². The summed E-state index contributed by atoms with van der Waals surface area (Å²) in [6.07, 6.45) is 4.29. The number of ether oxygens (including phenoxy) is 1. The molecule has 1 aliphatic rings. The van der Waals surface area contributed by atoms with E-state index in [0.717, 1.165) is 25.7 Å². The number of methoxy groups -OCH3 is 1. The van der Waals surface area contributed by atoms with Crippen LogP contribution in [0.25, 0.3) is 0 Å². The van der Waals surface area contributed by atoms with E-state index in [4.69, 9.17) is 16.3 Å². The minimum atomic E-state index is 0.160. The van der Waals surface area contributed by atoms with Crippen molar-refractivity contribution in [3.63, 3.8) is 0 Å². The Bertz CT molecular complexity index is 395. The molecule has 0 heterocycles. The molecule has 0 unspecified atom stereocenters. The Labute approximate surface area is 101 Å². The van der Waals surface area contributed by atoms with Gasteiger partial charge in [0, 0.05) is 10.9 Å². The smallest absolute Gasteiger partial charge is 0.169 e. The van der Waals surface area contributed by atoms with E-state index in [-0.39, 0.29) is 11.7 Å². The van der Waals surface area contributed by atoms with Gasteiger partial charge >= 0.3 is 0 Å². The topological polar surface area (TPSA) is 26.3 Å². The highest BCUT2D eigenvalue weighted by Crippen LogP contribution is 2.32. The molecule has 1 aliphatic carbocycles. The van der Waals surface area contributed by atoms with Gasteiger partial charge in [-0.3, -0.25) is 4.79 Å². The number of hydrogen-bond acceptors (Lipinski definition) is 2. The van der Waals surface area contributed by atoms with Crippen molar-refractivity contribution in [3.05, 3.63) is 28.8 Å². The van der Waals surface area contributed by atoms with Crippen LogP contribution in [0.2, 0.25) is 5.02 Å². The summed E-state index contributed by atoms with van der Waals surface area (Å²) >= 11 is 5.92. The highest BCUT2D eigenvalue weighted by Gasteiger charge is 2.26. The van der Waals surface area contributed by atoms with Gasteiger partial charge in [0.25, 0.3) is 0 Å². The van der Waals surface area contributed by atoms with Gasteiger partial charge in [-0.1, -0.05) is 24.4 Å². The van der Waals surface area contributed by atoms with Crippen molar-refractivity contribution in [2.75, 3.05) is 7.11 Å². The Morgan fingerprint density at radius 1 is 1.38 bits per heavy atom. The van der Waals surface area contributed by atoms with E-state index in [0.29, 0.717) is 16.3 Å². The highest BCUT2D eigenvalue weighted by atomic mass is 35.5. The number of halogens is 1. The number of hydrogen-bond donors (Lipinski definition) is 0. The second-order valence-corrected chi connectivity index (χ2v) is 4.63. The van der Waals surface area contributed by atoms with Gasteiger partial charge in [-0.2, -0.15) is 0 Å². The number of ketones is 1. The lowest BCUT2D eigenvalue weighted by molar-refractivity contribution is 0.0920. The molecule has 2 nitrogen and oxygen atoms in total. The first-order chi connectivity index (χ1) is 7.72. The molecule has 16 heavy (non-hydrogen) atoms. The summed E-state index contributed by atoms with van der Waals surface area (Å²) in [5.41, 5.74) is 0.627. The molecule has 3 heteroatoms. The van der Waals surface area contributed by atoms with Gasteiger partial charge in [-0.25, -0.2) is 0 Å². The molecule has 0 N–H and O–H groups in total. The van der Waals surface area contributed by atoms with E-state index in [2.05, 4.69) is 0 Å². The van der Waals surface area contributed by atoms with E-state index < -0.39 is 0 Å². The lowest BCUT2D eigenvalue weighted by Gasteiger charge is -2.11. The van der Waals surface area contributed by atoms with E-state index in [1.807, 2.05) is 0 Å². The number of rotatable bonds is 3. The summed E-state index contributed by atoms with van der Waals surface area (Å²) in [6.45, 7) is 0. The predicted molar refractivity (Wildman–Crippen MR) is 64.3 cm³/mol. The predicted octanol–water partition coefficient (Wildman–Crippen LogP) is 3.72. The molecule has 0 radical (unpaired) electrons. The third kappa shape index (κ3) is 2.22. The molecule has 0 bridgehead atoms. The fourth-order valence-electron chi connectivity index (χ4n) is 2.28. The zero-order valence-corrected chi connectivity index (χ0v) is 10.1. The Kier molecular flexibility index (Phi) is 3.49. The van der Waals surface area contributed by atoms with Crippen molar-refractivity contribution in [3.8, 4) is 5.75 Å². The molecule has 0 saturated heterocycles. The fraction of sp³-hybridized carbons (Fsp3) is 0.462. The summed E-state index contributed by atoms with van der Waals surface area (Å²) in [6, 6.07) is 5.21. The van der Waals surface area contributed by atoms with Crippen LogP contribution in [0.1, 0.15) is 36.0 Å². The van der Waals surface area contributed by atoms with E-state index in [1.165, 1.54) is 0 Å². The first-order valence-corrected chi connectivity index (χ1v) is 5.98. The van der Waals surface area contributed by atoms with Gasteiger partial charge < -0.3 is 4.74 Å². The summed E-state index contributed by atoms with van der Waals surface area (Å²) in [7, 11) is 1.58. The van der Waals surface area contributed by atoms with Crippen LogP contribution < -0.4 is 4.74 Å². The third-order valence-electron chi connectivity index (χ3n) is 3.15. The van der Waals surface area contributed by atoms with Crippen molar-refractivity contribution in [1.82, 2.24) is 0 Å². The van der Waals surface area contributed by atoms with Gasteiger partial charge in [0.1, 0.15) is 5.75 Å². The normalized spacial score (nSPS) is 16.4. The van der Waals surface area contributed by atoms with Crippen molar-refractivity contribution in [2.45, 2.75) is 25.7 Å². The van der Waals surface area contributed by atoms with Gasteiger partial charge in [-0.15, -0.1) is 0 Å². The number of carbonyl (C=O) groups excluding carboxylic acids is 1. The van der Waals surface area contributed by atoms with Gasteiger partial charge in [0.2, 0.25) is 0 Å². The summed E-state index contributed by atoms with van der Waals surface area (Å²) in [5, 5.41) is 0.585. The zero-order chi connectivity index (χ0) is 11.5. The second-order valence-electron chi connectivity index (χ2n) is 4.19. The van der Waals surface area contributed by atoms with Gasteiger partial charge in [0.05, 0.1) is 12.7 Å². The Morgan fingerprint density at radius 2 is 2.06 bits per heavy atom. The molecule has 0 aliphatic heterocycles. The van der Waals surface area contributed by atoms with Crippen molar-refractivity contribution in [2.24, 2.45) is 5.92 Å². The second kappa shape index (κ2) is 4.88. The molecular weight excluding hydrogens is 224 g/mol. The van der Waals surface area contributed by atoms with Crippen LogP contribution in [-0.2, 0) is 0 Å². The molecule has 0 aromatic heterocycles. The third-order valence-corrected chi connectivity index (χ3v) is 3.39. The molecule has 0 spiro atoms. The Hall–Kier alpha value is -1.02. The minimum absolute atomic E-state index is 0.160. The van der Waals surface area contributed by atoms with Crippen molar-refractivity contribution < 1.29 is 9.53 Å². The van der Waals surface area contributed by atoms with E-state index in [1.54, 1.807) is 25.3 Å². The number of carbonyl (C=O) groups is 1. The number of benzene rings is 1. The summed E-state index contributed by atoms with van der Waals surface area (Å²) < 4.78 is 5.20. The maximum absolute atomic E-state index is 12.2. The van der Waals surface area contributed by atoms with Gasteiger partial charge in [-0.05, 0) is 31.0 Å². The molecule has 1 aromatic carbocycles. The maximum atomic E-state index is 12.2. The summed E-state index contributed by atoms with van der Waals surface area (Å²) in [5.74, 6) is 0.963. The molecule has 0 amide bonds. The molecule has 1 aromatic rings. The van der Waals surface area contributed by atoms with Crippen molar-refractivity contribution in [1.29, 1.82) is 0 Å². The van der Waals surface area contributed by atoms with Crippen LogP contribution in [0.4, 0.5) is 0 Å². The standard InChI is InChI=1S/C13H15ClO2/c1-16-12-7-6-10(14)8-11(12)13(15)9-4-2-3-5-9/h6-9H,2-5H2,1H3. The molecule has 2 rings (SSSR count). The zero-order valence-electron chi connectivity index (χ0n) is 9.33.